The first-order valence-electron chi connectivity index (χ1n) is 9.26. The molecule has 0 saturated heterocycles. The van der Waals surface area contributed by atoms with E-state index < -0.39 is 23.9 Å². The number of benzene rings is 2. The molecule has 142 valence electrons. The molecule has 6 nitrogen and oxygen atoms in total. The van der Waals surface area contributed by atoms with Crippen LogP contribution in [0.2, 0.25) is 0 Å². The van der Waals surface area contributed by atoms with Crippen LogP contribution in [0, 0.1) is 0 Å². The van der Waals surface area contributed by atoms with Gasteiger partial charge in [-0.1, -0.05) is 36.4 Å². The van der Waals surface area contributed by atoms with E-state index >= 15 is 0 Å². The fourth-order valence-corrected chi connectivity index (χ4v) is 3.76. The number of anilines is 2. The molecule has 6 heteroatoms. The minimum absolute atomic E-state index is 0.381. The second-order valence-corrected chi connectivity index (χ2v) is 6.92. The van der Waals surface area contributed by atoms with Gasteiger partial charge in [0.05, 0.1) is 6.42 Å². The molecule has 0 aromatic heterocycles. The van der Waals surface area contributed by atoms with Crippen LogP contribution in [0.5, 0.6) is 0 Å². The Hall–Kier alpha value is -3.41. The van der Waals surface area contributed by atoms with Crippen LogP contribution >= 0.6 is 0 Å². The van der Waals surface area contributed by atoms with Crippen molar-refractivity contribution in [1.29, 1.82) is 0 Å². The van der Waals surface area contributed by atoms with Crippen LogP contribution in [0.4, 0.5) is 11.4 Å². The van der Waals surface area contributed by atoms with E-state index in [1.165, 1.54) is 4.90 Å². The molecule has 2 aliphatic heterocycles. The minimum atomic E-state index is -0.754. The maximum Gasteiger partial charge on any atom is 0.254 e. The number of hydrogen-bond acceptors (Lipinski definition) is 4. The predicted octanol–water partition coefficient (Wildman–Crippen LogP) is 2.57. The Kier molecular flexibility index (Phi) is 4.69. The van der Waals surface area contributed by atoms with Crippen molar-refractivity contribution in [2.24, 2.45) is 0 Å². The van der Waals surface area contributed by atoms with Gasteiger partial charge in [0.1, 0.15) is 0 Å². The standard InChI is InChI=1S/C22H20N2O4/c25-19(13-21(27)23-11-9-15-5-1-3-7-17(15)23)20(26)14-22(28)24-12-10-16-6-2-4-8-18(16)24/h1-8,13,25H,9-12,14H2. The molecule has 0 spiro atoms. The van der Waals surface area contributed by atoms with Gasteiger partial charge in [-0.15, -0.1) is 0 Å². The van der Waals surface area contributed by atoms with E-state index in [4.69, 9.17) is 0 Å². The first kappa shape index (κ1) is 18.0. The summed E-state index contributed by atoms with van der Waals surface area (Å²) in [6.45, 7) is 1.01. The second kappa shape index (κ2) is 7.31. The van der Waals surface area contributed by atoms with Crippen molar-refractivity contribution in [1.82, 2.24) is 0 Å². The van der Waals surface area contributed by atoms with Crippen LogP contribution in [-0.2, 0) is 27.2 Å². The fraction of sp³-hybridized carbons (Fsp3) is 0.227. The molecule has 0 fully saturated rings. The van der Waals surface area contributed by atoms with Gasteiger partial charge in [-0.2, -0.15) is 0 Å². The molecule has 1 N–H and O–H groups in total. The normalized spacial score (nSPS) is 15.4. The van der Waals surface area contributed by atoms with E-state index in [-0.39, 0.29) is 5.91 Å². The summed E-state index contributed by atoms with van der Waals surface area (Å²) in [6, 6.07) is 15.1. The van der Waals surface area contributed by atoms with Gasteiger partial charge >= 0.3 is 0 Å². The molecule has 0 radical (unpaired) electrons. The van der Waals surface area contributed by atoms with Gasteiger partial charge in [-0.05, 0) is 36.1 Å². The van der Waals surface area contributed by atoms with Crippen LogP contribution in [0.3, 0.4) is 0 Å². The summed E-state index contributed by atoms with van der Waals surface area (Å²) in [4.78, 5) is 40.3. The summed E-state index contributed by atoms with van der Waals surface area (Å²) in [7, 11) is 0. The summed E-state index contributed by atoms with van der Waals surface area (Å²) in [5.74, 6) is -2.28. The number of nitrogens with zero attached hydrogens (tertiary/aromatic N) is 2. The van der Waals surface area contributed by atoms with E-state index in [1.54, 1.807) is 4.90 Å². The molecule has 2 amide bonds. The van der Waals surface area contributed by atoms with Crippen molar-refractivity contribution >= 4 is 29.0 Å². The number of para-hydroxylation sites is 2. The molecule has 0 atom stereocenters. The van der Waals surface area contributed by atoms with Crippen LogP contribution < -0.4 is 9.80 Å². The highest BCUT2D eigenvalue weighted by atomic mass is 16.3. The predicted molar refractivity (Wildman–Crippen MR) is 105 cm³/mol. The lowest BCUT2D eigenvalue weighted by Crippen LogP contribution is -2.31. The Morgan fingerprint density at radius 2 is 1.39 bits per heavy atom. The number of fused-ring (bicyclic) bond motifs is 2. The zero-order valence-electron chi connectivity index (χ0n) is 15.3. The van der Waals surface area contributed by atoms with Gasteiger partial charge in [0.15, 0.2) is 5.76 Å². The zero-order chi connectivity index (χ0) is 19.7. The van der Waals surface area contributed by atoms with Crippen molar-refractivity contribution in [2.75, 3.05) is 22.9 Å². The molecule has 2 aromatic rings. The highest BCUT2D eigenvalue weighted by Crippen LogP contribution is 2.29. The van der Waals surface area contributed by atoms with Crippen molar-refractivity contribution in [3.63, 3.8) is 0 Å². The lowest BCUT2D eigenvalue weighted by Gasteiger charge is -2.17. The average Bonchev–Trinajstić information content (AvgIpc) is 3.32. The second-order valence-electron chi connectivity index (χ2n) is 6.92. The van der Waals surface area contributed by atoms with E-state index in [2.05, 4.69) is 0 Å². The number of carbonyl (C=O) groups is 3. The molecule has 28 heavy (non-hydrogen) atoms. The van der Waals surface area contributed by atoms with Crippen LogP contribution in [-0.4, -0.2) is 35.8 Å². The third-order valence-electron chi connectivity index (χ3n) is 5.20. The van der Waals surface area contributed by atoms with Crippen LogP contribution in [0.25, 0.3) is 0 Å². The molecule has 0 bridgehead atoms. The van der Waals surface area contributed by atoms with Crippen molar-refractivity contribution in [3.8, 4) is 0 Å². The summed E-state index contributed by atoms with van der Waals surface area (Å²) < 4.78 is 0. The third kappa shape index (κ3) is 3.29. The number of hydrogen-bond donors (Lipinski definition) is 1. The molecule has 0 unspecified atom stereocenters. The van der Waals surface area contributed by atoms with Gasteiger partial charge < -0.3 is 14.9 Å². The Morgan fingerprint density at radius 3 is 2.04 bits per heavy atom. The number of rotatable bonds is 4. The number of aliphatic hydroxyl groups is 1. The number of Topliss-reactive ketones (excluding diaryl/α,β-unsaturated/α-hetero) is 1. The molecule has 4 rings (SSSR count). The Balaban J connectivity index is 1.42. The third-order valence-corrected chi connectivity index (χ3v) is 5.20. The monoisotopic (exact) mass is 376 g/mol. The maximum atomic E-state index is 12.5. The smallest absolute Gasteiger partial charge is 0.254 e. The Morgan fingerprint density at radius 1 is 0.857 bits per heavy atom. The molecule has 2 aromatic carbocycles. The van der Waals surface area contributed by atoms with E-state index in [0.29, 0.717) is 13.1 Å². The van der Waals surface area contributed by atoms with Crippen LogP contribution in [0.15, 0.2) is 60.4 Å². The lowest BCUT2D eigenvalue weighted by molar-refractivity contribution is -0.126. The van der Waals surface area contributed by atoms with Gasteiger partial charge in [0.2, 0.25) is 11.7 Å². The Labute approximate surface area is 162 Å². The average molecular weight is 376 g/mol. The maximum absolute atomic E-state index is 12.5. The van der Waals surface area contributed by atoms with Crippen molar-refractivity contribution < 1.29 is 19.5 Å². The Bertz CT molecular complexity index is 996. The number of aliphatic hydroxyl groups excluding tert-OH is 1. The van der Waals surface area contributed by atoms with Gasteiger partial charge in [-0.3, -0.25) is 14.4 Å². The van der Waals surface area contributed by atoms with Crippen molar-refractivity contribution in [2.45, 2.75) is 19.3 Å². The quantitative estimate of drug-likeness (QED) is 0.505. The molecular weight excluding hydrogens is 356 g/mol. The topological polar surface area (TPSA) is 77.9 Å². The number of allylic oxidation sites excluding steroid dienone is 1. The first-order chi connectivity index (χ1) is 13.5. The van der Waals surface area contributed by atoms with Crippen LogP contribution in [0.1, 0.15) is 17.5 Å². The molecule has 2 heterocycles. The minimum Gasteiger partial charge on any atom is -0.504 e. The molecular formula is C22H20N2O4. The largest absolute Gasteiger partial charge is 0.504 e. The zero-order valence-corrected chi connectivity index (χ0v) is 15.3. The van der Waals surface area contributed by atoms with Gasteiger partial charge in [0, 0.05) is 30.5 Å². The highest BCUT2D eigenvalue weighted by molar-refractivity contribution is 6.14. The molecule has 0 aliphatic carbocycles. The highest BCUT2D eigenvalue weighted by Gasteiger charge is 2.28. The number of carbonyl (C=O) groups excluding carboxylic acids is 3. The number of ketones is 1. The molecule has 2 aliphatic rings. The first-order valence-corrected chi connectivity index (χ1v) is 9.26. The number of amides is 2. The van der Waals surface area contributed by atoms with E-state index in [1.807, 2.05) is 48.5 Å². The van der Waals surface area contributed by atoms with Crippen molar-refractivity contribution in [3.05, 3.63) is 71.5 Å². The van der Waals surface area contributed by atoms with Gasteiger partial charge in [-0.25, -0.2) is 0 Å². The summed E-state index contributed by atoms with van der Waals surface area (Å²) >= 11 is 0. The van der Waals surface area contributed by atoms with E-state index in [9.17, 15) is 19.5 Å². The lowest BCUT2D eigenvalue weighted by atomic mass is 10.1. The van der Waals surface area contributed by atoms with Gasteiger partial charge in [0.25, 0.3) is 5.91 Å². The summed E-state index contributed by atoms with van der Waals surface area (Å²) in [5.41, 5.74) is 3.70. The summed E-state index contributed by atoms with van der Waals surface area (Å²) in [5, 5.41) is 10.1. The fourth-order valence-electron chi connectivity index (χ4n) is 3.76. The summed E-state index contributed by atoms with van der Waals surface area (Å²) in [6.07, 6.45) is 1.91. The van der Waals surface area contributed by atoms with E-state index in [0.717, 1.165) is 41.4 Å². The molecule has 0 saturated carbocycles. The SMILES string of the molecule is O=C(CC(=O)N1CCc2ccccc21)C(O)=CC(=O)N1CCc2ccccc21.